The van der Waals surface area contributed by atoms with Crippen molar-refractivity contribution in [2.45, 2.75) is 12.8 Å². The molecule has 3 heterocycles. The van der Waals surface area contributed by atoms with Crippen molar-refractivity contribution in [3.05, 3.63) is 17.5 Å². The van der Waals surface area contributed by atoms with Crippen LogP contribution in [0.3, 0.4) is 0 Å². The zero-order chi connectivity index (χ0) is 12.5. The van der Waals surface area contributed by atoms with Crippen molar-refractivity contribution in [1.29, 1.82) is 0 Å². The third-order valence-corrected chi connectivity index (χ3v) is 3.59. The fourth-order valence-electron chi connectivity index (χ4n) is 2.34. The summed E-state index contributed by atoms with van der Waals surface area (Å²) in [7, 11) is 0. The predicted octanol–water partition coefficient (Wildman–Crippen LogP) is 0.986. The van der Waals surface area contributed by atoms with E-state index in [1.165, 1.54) is 6.33 Å². The van der Waals surface area contributed by atoms with Crippen LogP contribution in [0.5, 0.6) is 0 Å². The SMILES string of the molecule is OCC1CCN(c2cc(Cl)nc3ncnn23)CC1. The van der Waals surface area contributed by atoms with Gasteiger partial charge in [0.15, 0.2) is 0 Å². The molecule has 0 spiro atoms. The van der Waals surface area contributed by atoms with Gasteiger partial charge < -0.3 is 10.0 Å². The number of aromatic nitrogens is 4. The second-order valence-electron chi connectivity index (χ2n) is 4.52. The number of nitrogens with zero attached hydrogens (tertiary/aromatic N) is 5. The molecule has 3 rings (SSSR count). The molecule has 0 bridgehead atoms. The maximum absolute atomic E-state index is 9.15. The van der Waals surface area contributed by atoms with Crippen LogP contribution >= 0.6 is 11.6 Å². The van der Waals surface area contributed by atoms with Crippen molar-refractivity contribution in [3.8, 4) is 0 Å². The maximum Gasteiger partial charge on any atom is 0.255 e. The van der Waals surface area contributed by atoms with Gasteiger partial charge in [-0.05, 0) is 18.8 Å². The van der Waals surface area contributed by atoms with Crippen LogP contribution in [-0.2, 0) is 0 Å². The summed E-state index contributed by atoms with van der Waals surface area (Å²) in [5.74, 6) is 1.84. The first-order valence-electron chi connectivity index (χ1n) is 6.00. The lowest BCUT2D eigenvalue weighted by Gasteiger charge is -2.32. The van der Waals surface area contributed by atoms with Crippen molar-refractivity contribution < 1.29 is 5.11 Å². The van der Waals surface area contributed by atoms with Crippen LogP contribution in [-0.4, -0.2) is 44.4 Å². The van der Waals surface area contributed by atoms with Gasteiger partial charge in [0.05, 0.1) is 0 Å². The Balaban J connectivity index is 1.92. The predicted molar refractivity (Wildman–Crippen MR) is 67.8 cm³/mol. The highest BCUT2D eigenvalue weighted by molar-refractivity contribution is 6.29. The third kappa shape index (κ3) is 2.02. The molecule has 1 fully saturated rings. The summed E-state index contributed by atoms with van der Waals surface area (Å²) >= 11 is 6.00. The molecular weight excluding hydrogens is 254 g/mol. The number of piperidine rings is 1. The van der Waals surface area contributed by atoms with Gasteiger partial charge in [-0.25, -0.2) is 0 Å². The normalized spacial score (nSPS) is 17.6. The van der Waals surface area contributed by atoms with Crippen LogP contribution in [0, 0.1) is 5.92 Å². The molecule has 0 aliphatic carbocycles. The first kappa shape index (κ1) is 11.7. The lowest BCUT2D eigenvalue weighted by Crippen LogP contribution is -2.36. The molecule has 2 aromatic heterocycles. The summed E-state index contributed by atoms with van der Waals surface area (Å²) in [4.78, 5) is 10.4. The molecule has 1 saturated heterocycles. The van der Waals surface area contributed by atoms with E-state index in [4.69, 9.17) is 16.7 Å². The molecule has 7 heteroatoms. The Morgan fingerprint density at radius 3 is 2.89 bits per heavy atom. The summed E-state index contributed by atoms with van der Waals surface area (Å²) in [6.07, 6.45) is 3.43. The molecule has 0 amide bonds. The molecule has 6 nitrogen and oxygen atoms in total. The van der Waals surface area contributed by atoms with Crippen molar-refractivity contribution in [2.24, 2.45) is 5.92 Å². The largest absolute Gasteiger partial charge is 0.396 e. The minimum absolute atomic E-state index is 0.268. The van der Waals surface area contributed by atoms with E-state index in [0.29, 0.717) is 16.8 Å². The molecule has 0 aromatic carbocycles. The maximum atomic E-state index is 9.15. The summed E-state index contributed by atoms with van der Waals surface area (Å²) in [6, 6.07) is 1.81. The van der Waals surface area contributed by atoms with Crippen LogP contribution in [0.25, 0.3) is 5.78 Å². The number of anilines is 1. The number of halogens is 1. The zero-order valence-electron chi connectivity index (χ0n) is 9.83. The summed E-state index contributed by atoms with van der Waals surface area (Å²) in [5, 5.41) is 13.7. The highest BCUT2D eigenvalue weighted by Gasteiger charge is 2.21. The Bertz CT molecular complexity index is 549. The number of fused-ring (bicyclic) bond motifs is 1. The van der Waals surface area contributed by atoms with E-state index in [0.717, 1.165) is 31.7 Å². The fourth-order valence-corrected chi connectivity index (χ4v) is 2.51. The monoisotopic (exact) mass is 267 g/mol. The Morgan fingerprint density at radius 1 is 1.39 bits per heavy atom. The summed E-state index contributed by atoms with van der Waals surface area (Å²) < 4.78 is 1.70. The first-order chi connectivity index (χ1) is 8.78. The Morgan fingerprint density at radius 2 is 2.17 bits per heavy atom. The molecule has 1 aliphatic heterocycles. The van der Waals surface area contributed by atoms with E-state index in [2.05, 4.69) is 20.0 Å². The lowest BCUT2D eigenvalue weighted by atomic mass is 9.98. The number of hydrogen-bond donors (Lipinski definition) is 1. The topological polar surface area (TPSA) is 66.5 Å². The Hall–Kier alpha value is -1.40. The molecule has 96 valence electrons. The average Bonchev–Trinajstić information content (AvgIpc) is 2.86. The second-order valence-corrected chi connectivity index (χ2v) is 4.91. The molecule has 0 radical (unpaired) electrons. The van der Waals surface area contributed by atoms with E-state index < -0.39 is 0 Å². The van der Waals surface area contributed by atoms with E-state index in [9.17, 15) is 0 Å². The first-order valence-corrected chi connectivity index (χ1v) is 6.38. The number of aliphatic hydroxyl groups excluding tert-OH is 1. The average molecular weight is 268 g/mol. The van der Waals surface area contributed by atoms with Gasteiger partial charge in [-0.2, -0.15) is 19.6 Å². The van der Waals surface area contributed by atoms with Crippen LogP contribution < -0.4 is 4.90 Å². The molecule has 0 atom stereocenters. The van der Waals surface area contributed by atoms with Gasteiger partial charge in [0.2, 0.25) is 0 Å². The van der Waals surface area contributed by atoms with Gasteiger partial charge in [-0.3, -0.25) is 0 Å². The standard InChI is InChI=1S/C11H14ClN5O/c12-9-5-10(17-11(15-9)13-7-14-17)16-3-1-8(6-18)2-4-16/h5,7-8,18H,1-4,6H2. The van der Waals surface area contributed by atoms with Crippen molar-refractivity contribution in [1.82, 2.24) is 19.6 Å². The minimum atomic E-state index is 0.268. The molecular formula is C11H14ClN5O. The molecule has 1 aliphatic rings. The van der Waals surface area contributed by atoms with Gasteiger partial charge in [-0.15, -0.1) is 0 Å². The van der Waals surface area contributed by atoms with Gasteiger partial charge in [0, 0.05) is 25.8 Å². The fraction of sp³-hybridized carbons (Fsp3) is 0.545. The number of rotatable bonds is 2. The van der Waals surface area contributed by atoms with Gasteiger partial charge in [0.25, 0.3) is 5.78 Å². The van der Waals surface area contributed by atoms with Crippen molar-refractivity contribution in [3.63, 3.8) is 0 Å². The quantitative estimate of drug-likeness (QED) is 0.822. The van der Waals surface area contributed by atoms with Gasteiger partial charge in [-0.1, -0.05) is 11.6 Å². The van der Waals surface area contributed by atoms with Crippen LogP contribution in [0.2, 0.25) is 5.15 Å². The molecule has 18 heavy (non-hydrogen) atoms. The Labute approximate surface area is 109 Å². The Kier molecular flexibility index (Phi) is 3.05. The third-order valence-electron chi connectivity index (χ3n) is 3.40. The highest BCUT2D eigenvalue weighted by Crippen LogP contribution is 2.24. The highest BCUT2D eigenvalue weighted by atomic mass is 35.5. The van der Waals surface area contributed by atoms with Crippen LogP contribution in [0.15, 0.2) is 12.4 Å². The van der Waals surface area contributed by atoms with Crippen LogP contribution in [0.1, 0.15) is 12.8 Å². The summed E-state index contributed by atoms with van der Waals surface area (Å²) in [6.45, 7) is 2.05. The molecule has 0 saturated carbocycles. The molecule has 2 aromatic rings. The van der Waals surface area contributed by atoms with E-state index in [1.54, 1.807) is 4.52 Å². The summed E-state index contributed by atoms with van der Waals surface area (Å²) in [5.41, 5.74) is 0. The number of aliphatic hydroxyl groups is 1. The van der Waals surface area contributed by atoms with Gasteiger partial charge in [0.1, 0.15) is 17.3 Å². The number of hydrogen-bond acceptors (Lipinski definition) is 5. The van der Waals surface area contributed by atoms with Crippen molar-refractivity contribution >= 4 is 23.2 Å². The zero-order valence-corrected chi connectivity index (χ0v) is 10.6. The molecule has 0 unspecified atom stereocenters. The van der Waals surface area contributed by atoms with E-state index >= 15 is 0 Å². The van der Waals surface area contributed by atoms with E-state index in [1.807, 2.05) is 6.07 Å². The molecule has 1 N–H and O–H groups in total. The van der Waals surface area contributed by atoms with Crippen LogP contribution in [0.4, 0.5) is 5.82 Å². The van der Waals surface area contributed by atoms with Gasteiger partial charge >= 0.3 is 0 Å². The van der Waals surface area contributed by atoms with Crippen molar-refractivity contribution in [2.75, 3.05) is 24.6 Å². The van der Waals surface area contributed by atoms with E-state index in [-0.39, 0.29) is 6.61 Å². The minimum Gasteiger partial charge on any atom is -0.396 e. The smallest absolute Gasteiger partial charge is 0.255 e. The lowest BCUT2D eigenvalue weighted by molar-refractivity contribution is 0.202. The second kappa shape index (κ2) is 4.70.